The zero-order valence-corrected chi connectivity index (χ0v) is 38.5. The Labute approximate surface area is 330 Å². The van der Waals surface area contributed by atoms with Crippen molar-refractivity contribution in [1.29, 1.82) is 0 Å². The van der Waals surface area contributed by atoms with Crippen LogP contribution in [0.3, 0.4) is 0 Å². The van der Waals surface area contributed by atoms with Crippen molar-refractivity contribution >= 4 is 43.8 Å². The molecule has 0 amide bonds. The van der Waals surface area contributed by atoms with Crippen LogP contribution in [0.4, 0.5) is 0 Å². The van der Waals surface area contributed by atoms with Gasteiger partial charge in [0.2, 0.25) is 0 Å². The summed E-state index contributed by atoms with van der Waals surface area (Å²) in [5.74, 6) is 2.70. The van der Waals surface area contributed by atoms with Gasteiger partial charge in [-0.3, -0.25) is 0 Å². The summed E-state index contributed by atoms with van der Waals surface area (Å²) in [6.07, 6.45) is 13.1. The van der Waals surface area contributed by atoms with Crippen LogP contribution in [0.2, 0.25) is 9.26 Å². The number of allylic oxidation sites excluding steroid dienone is 2. The van der Waals surface area contributed by atoms with Gasteiger partial charge in [-0.05, 0) is 0 Å². The molecule has 3 unspecified atom stereocenters. The molecule has 0 aliphatic heterocycles. The molecule has 0 N–H and O–H groups in total. The van der Waals surface area contributed by atoms with Crippen LogP contribution in [-0.4, -0.2) is 6.88 Å². The average molecular weight is 829 g/mol. The molecule has 1 fully saturated rings. The maximum Gasteiger partial charge on any atom is -0.147 e. The van der Waals surface area contributed by atoms with E-state index in [-0.39, 0.29) is 24.8 Å². The smallest absolute Gasteiger partial charge is 0.147 e. The summed E-state index contributed by atoms with van der Waals surface area (Å²) in [6.45, 7) is 16.6. The Morgan fingerprint density at radius 2 is 1.15 bits per heavy atom. The van der Waals surface area contributed by atoms with Gasteiger partial charge in [-0.1, -0.05) is 0 Å². The molecule has 0 heterocycles. The van der Waals surface area contributed by atoms with Crippen molar-refractivity contribution in [2.75, 3.05) is 0 Å². The fourth-order valence-electron chi connectivity index (χ4n) is 10.3. The van der Waals surface area contributed by atoms with Gasteiger partial charge in [0.15, 0.2) is 0 Å². The zero-order chi connectivity index (χ0) is 35.4. The van der Waals surface area contributed by atoms with Gasteiger partial charge in [0.05, 0.1) is 0 Å². The first-order chi connectivity index (χ1) is 23.9. The largest absolute Gasteiger partial charge is 0.147 e. The van der Waals surface area contributed by atoms with Gasteiger partial charge < -0.3 is 0 Å². The van der Waals surface area contributed by atoms with E-state index in [4.69, 9.17) is 0 Å². The molecule has 0 bridgehead atoms. The molecule has 3 aliphatic rings. The summed E-state index contributed by atoms with van der Waals surface area (Å²) in [4.78, 5) is 0. The molecule has 3 atom stereocenters. The van der Waals surface area contributed by atoms with Gasteiger partial charge in [-0.2, -0.15) is 0 Å². The van der Waals surface area contributed by atoms with E-state index in [1.807, 2.05) is 0 Å². The number of halogens is 2. The Morgan fingerprint density at radius 3 is 1.65 bits per heavy atom. The normalized spacial score (nSPS) is 21.7. The molecule has 52 heavy (non-hydrogen) atoms. The van der Waals surface area contributed by atoms with Crippen LogP contribution < -0.4 is 0 Å². The SMILES string of the molecule is CCC1=Cc2c(-c3ccc(C(C)CC)cc3)cccc2[CH]1[Zr]([CH3])([CH3])(=[SiH2])[CH]1C(C2CCC(C)CC2)=Cc2c(-c3ccc(C(C)C)cc3)cccc21.Cl.Cl. The molecule has 0 saturated heterocycles. The van der Waals surface area contributed by atoms with Crippen LogP contribution in [0.15, 0.2) is 96.1 Å². The van der Waals surface area contributed by atoms with Gasteiger partial charge >= 0.3 is 308 Å². The van der Waals surface area contributed by atoms with E-state index in [0.717, 1.165) is 12.3 Å². The molecule has 1 saturated carbocycles. The van der Waals surface area contributed by atoms with E-state index in [0.29, 0.717) is 25.0 Å². The van der Waals surface area contributed by atoms with Crippen LogP contribution in [-0.2, 0) is 17.4 Å². The van der Waals surface area contributed by atoms with Gasteiger partial charge in [0.1, 0.15) is 0 Å². The van der Waals surface area contributed by atoms with Crippen LogP contribution >= 0.6 is 24.8 Å². The molecule has 7 rings (SSSR count). The van der Waals surface area contributed by atoms with E-state index >= 15 is 0 Å². The zero-order valence-electron chi connectivity index (χ0n) is 33.0. The van der Waals surface area contributed by atoms with Crippen molar-refractivity contribution in [1.82, 2.24) is 0 Å². The van der Waals surface area contributed by atoms with Gasteiger partial charge in [-0.15, -0.1) is 24.8 Å². The Bertz CT molecular complexity index is 2020. The average Bonchev–Trinajstić information content (AvgIpc) is 3.72. The first kappa shape index (κ1) is 41.2. The first-order valence-electron chi connectivity index (χ1n) is 19.9. The third-order valence-electron chi connectivity index (χ3n) is 13.3. The predicted octanol–water partition coefficient (Wildman–Crippen LogP) is 14.6. The third kappa shape index (κ3) is 7.38. The van der Waals surface area contributed by atoms with E-state index in [1.165, 1.54) is 76.6 Å². The minimum atomic E-state index is -3.75. The van der Waals surface area contributed by atoms with Crippen molar-refractivity contribution in [3.63, 3.8) is 0 Å². The minimum absolute atomic E-state index is 0. The minimum Gasteiger partial charge on any atom is -0.147 e. The number of hydrogen-bond acceptors (Lipinski definition) is 0. The maximum absolute atomic E-state index is 3.75. The van der Waals surface area contributed by atoms with Crippen LogP contribution in [0.5, 0.6) is 0 Å². The van der Waals surface area contributed by atoms with Gasteiger partial charge in [0.25, 0.3) is 0 Å². The molecule has 0 nitrogen and oxygen atoms in total. The summed E-state index contributed by atoms with van der Waals surface area (Å²) in [5, 5.41) is 0. The fourth-order valence-corrected chi connectivity index (χ4v) is 30.1. The number of hydrogen-bond donors (Lipinski definition) is 0. The predicted molar refractivity (Wildman–Crippen MR) is 234 cm³/mol. The molecule has 0 radical (unpaired) electrons. The second-order valence-electron chi connectivity index (χ2n) is 17.8. The van der Waals surface area contributed by atoms with E-state index in [9.17, 15) is 0 Å². The maximum atomic E-state index is 2.85. The second kappa shape index (κ2) is 16.0. The van der Waals surface area contributed by atoms with Crippen molar-refractivity contribution in [2.45, 2.75) is 108 Å². The second-order valence-corrected chi connectivity index (χ2v) is 48.3. The Hall–Kier alpha value is -1.96. The van der Waals surface area contributed by atoms with Crippen molar-refractivity contribution in [2.24, 2.45) is 11.8 Å². The Morgan fingerprint density at radius 1 is 0.654 bits per heavy atom. The van der Waals surface area contributed by atoms with E-state index in [2.05, 4.69) is 155 Å². The third-order valence-corrected chi connectivity index (χ3v) is 30.7. The van der Waals surface area contributed by atoms with Gasteiger partial charge in [-0.25, -0.2) is 0 Å². The quantitative estimate of drug-likeness (QED) is 0.147. The van der Waals surface area contributed by atoms with Crippen molar-refractivity contribution in [3.8, 4) is 22.3 Å². The molecule has 4 aromatic rings. The molecule has 3 aliphatic carbocycles. The summed E-state index contributed by atoms with van der Waals surface area (Å²) in [6, 6.07) is 33.6. The van der Waals surface area contributed by atoms with Crippen LogP contribution in [0.1, 0.15) is 133 Å². The Balaban J connectivity index is 0.00000261. The Kier molecular flexibility index (Phi) is 12.7. The molecular weight excluding hydrogens is 767 g/mol. The number of fused-ring (bicyclic) bond motifs is 2. The van der Waals surface area contributed by atoms with E-state index in [1.54, 1.807) is 22.3 Å². The fraction of sp³-hybridized carbons (Fsp3) is 0.417. The molecule has 4 heteroatoms. The molecule has 0 spiro atoms. The molecular formula is C48H62Cl2SiZr. The van der Waals surface area contributed by atoms with Crippen LogP contribution in [0, 0.1) is 11.8 Å². The van der Waals surface area contributed by atoms with Crippen LogP contribution in [0.25, 0.3) is 34.4 Å². The monoisotopic (exact) mass is 826 g/mol. The topological polar surface area (TPSA) is 0 Å². The summed E-state index contributed by atoms with van der Waals surface area (Å²) in [5.41, 5.74) is 18.2. The standard InChI is InChI=1S/C25H29.C21H23.2CH3.2ClH.H2Si.Zr/c1-17(2)19-11-13-21(14-12-19)24-6-4-5-22-15-23(16-25(22)24)20-9-7-18(3)8-10-20;1-4-15(3)17-9-11-18(12-10-17)20-8-6-7-19-13-16(5-2)14-21(19)20;;;;;;/h4-6,11-18,20H,7-10H2,1-3H3;6-15H,4-5H2,1-3H3;2*1H3;2*1H;1H2;. The first-order valence-corrected chi connectivity index (χ1v) is 33.5. The van der Waals surface area contributed by atoms with Crippen molar-refractivity contribution < 1.29 is 17.4 Å². The number of benzene rings is 4. The summed E-state index contributed by atoms with van der Waals surface area (Å²) >= 11 is -3.75. The van der Waals surface area contributed by atoms with E-state index < -0.39 is 17.4 Å². The van der Waals surface area contributed by atoms with Crippen molar-refractivity contribution in [3.05, 3.63) is 129 Å². The molecule has 4 aromatic carbocycles. The molecule has 276 valence electrons. The summed E-state index contributed by atoms with van der Waals surface area (Å²) in [7, 11) is 0. The number of rotatable bonds is 9. The van der Waals surface area contributed by atoms with Gasteiger partial charge in [0, 0.05) is 0 Å². The molecule has 0 aromatic heterocycles. The summed E-state index contributed by atoms with van der Waals surface area (Å²) < 4.78 is 6.80.